The highest BCUT2D eigenvalue weighted by atomic mass is 32.1. The third-order valence-corrected chi connectivity index (χ3v) is 4.40. The maximum atomic E-state index is 12.8. The second-order valence-corrected chi connectivity index (χ2v) is 6.51. The third kappa shape index (κ3) is 3.88. The summed E-state index contributed by atoms with van der Waals surface area (Å²) in [6.45, 7) is 1.78. The number of amides is 1. The smallest absolute Gasteiger partial charge is 0.321 e. The lowest BCUT2D eigenvalue weighted by Gasteiger charge is -2.10. The van der Waals surface area contributed by atoms with Gasteiger partial charge in [0.25, 0.3) is 5.91 Å². The predicted molar refractivity (Wildman–Crippen MR) is 91.7 cm³/mol. The maximum Gasteiger partial charge on any atom is 0.416 e. The molecular formula is C18H13F3N2OS. The summed E-state index contributed by atoms with van der Waals surface area (Å²) in [5.74, 6) is -0.483. The lowest BCUT2D eigenvalue weighted by atomic mass is 10.1. The Morgan fingerprint density at radius 3 is 2.48 bits per heavy atom. The van der Waals surface area contributed by atoms with Gasteiger partial charge >= 0.3 is 6.18 Å². The molecule has 0 unspecified atom stereocenters. The molecule has 1 amide bonds. The first-order valence-electron chi connectivity index (χ1n) is 7.36. The molecule has 0 aliphatic rings. The van der Waals surface area contributed by atoms with Gasteiger partial charge in [0.15, 0.2) is 0 Å². The van der Waals surface area contributed by atoms with E-state index < -0.39 is 17.6 Å². The van der Waals surface area contributed by atoms with Gasteiger partial charge < -0.3 is 5.32 Å². The molecule has 25 heavy (non-hydrogen) atoms. The summed E-state index contributed by atoms with van der Waals surface area (Å²) in [4.78, 5) is 17.3. The number of aromatic nitrogens is 1. The number of rotatable bonds is 3. The van der Waals surface area contributed by atoms with Gasteiger partial charge in [-0.25, -0.2) is 4.98 Å². The van der Waals surface area contributed by atoms with Crippen molar-refractivity contribution in [3.63, 3.8) is 0 Å². The number of nitrogens with one attached hydrogen (secondary N) is 1. The molecule has 0 saturated heterocycles. The molecule has 1 aromatic heterocycles. The van der Waals surface area contributed by atoms with E-state index in [1.54, 1.807) is 6.92 Å². The number of nitrogens with zero attached hydrogens (tertiary/aromatic N) is 1. The summed E-state index contributed by atoms with van der Waals surface area (Å²) >= 11 is 1.20. The fraction of sp³-hybridized carbons (Fsp3) is 0.111. The molecule has 2 aromatic carbocycles. The van der Waals surface area contributed by atoms with Gasteiger partial charge in [0, 0.05) is 11.3 Å². The first-order valence-corrected chi connectivity index (χ1v) is 8.18. The van der Waals surface area contributed by atoms with Crippen molar-refractivity contribution in [1.29, 1.82) is 0 Å². The van der Waals surface area contributed by atoms with Gasteiger partial charge in [0.1, 0.15) is 4.88 Å². The molecule has 0 spiro atoms. The summed E-state index contributed by atoms with van der Waals surface area (Å²) < 4.78 is 38.4. The zero-order valence-corrected chi connectivity index (χ0v) is 13.9. The number of hydrogen-bond donors (Lipinski definition) is 1. The van der Waals surface area contributed by atoms with Crippen molar-refractivity contribution < 1.29 is 18.0 Å². The molecule has 3 aromatic rings. The Hall–Kier alpha value is -2.67. The first kappa shape index (κ1) is 17.2. The van der Waals surface area contributed by atoms with Crippen LogP contribution in [0.3, 0.4) is 0 Å². The first-order chi connectivity index (χ1) is 11.8. The van der Waals surface area contributed by atoms with Crippen LogP contribution in [-0.2, 0) is 6.18 Å². The summed E-state index contributed by atoms with van der Waals surface area (Å²) in [5.41, 5.74) is 0.576. The standard InChI is InChI=1S/C18H13F3N2OS/c1-11-22-15(12-6-3-2-4-7-12)16(25-11)17(24)23-14-9-5-8-13(10-14)18(19,20)21/h2-10H,1H3,(H,23,24). The maximum absolute atomic E-state index is 12.8. The number of carbonyl (C=O) groups excluding carboxylic acids is 1. The molecule has 0 aliphatic heterocycles. The highest BCUT2D eigenvalue weighted by Crippen LogP contribution is 2.32. The van der Waals surface area contributed by atoms with E-state index in [1.165, 1.54) is 23.5 Å². The minimum Gasteiger partial charge on any atom is -0.321 e. The van der Waals surface area contributed by atoms with Crippen LogP contribution in [0.1, 0.15) is 20.2 Å². The van der Waals surface area contributed by atoms with Gasteiger partial charge in [0.05, 0.1) is 16.3 Å². The lowest BCUT2D eigenvalue weighted by molar-refractivity contribution is -0.137. The summed E-state index contributed by atoms with van der Waals surface area (Å²) in [6.07, 6.45) is -4.46. The molecule has 0 aliphatic carbocycles. The van der Waals surface area contributed by atoms with E-state index in [1.807, 2.05) is 30.3 Å². The van der Waals surface area contributed by atoms with Crippen molar-refractivity contribution in [1.82, 2.24) is 4.98 Å². The molecule has 0 atom stereocenters. The molecule has 3 rings (SSSR count). The third-order valence-electron chi connectivity index (χ3n) is 3.44. The Bertz CT molecular complexity index is 904. The Kier molecular flexibility index (Phi) is 4.59. The molecule has 128 valence electrons. The topological polar surface area (TPSA) is 42.0 Å². The van der Waals surface area contributed by atoms with Gasteiger partial charge in [0.2, 0.25) is 0 Å². The SMILES string of the molecule is Cc1nc(-c2ccccc2)c(C(=O)Nc2cccc(C(F)(F)F)c2)s1. The monoisotopic (exact) mass is 362 g/mol. The number of carbonyl (C=O) groups is 1. The van der Waals surface area contributed by atoms with Crippen LogP contribution in [0.25, 0.3) is 11.3 Å². The number of anilines is 1. The zero-order chi connectivity index (χ0) is 18.0. The summed E-state index contributed by atoms with van der Waals surface area (Å²) in [5, 5.41) is 3.23. The summed E-state index contributed by atoms with van der Waals surface area (Å²) in [7, 11) is 0. The van der Waals surface area contributed by atoms with Crippen molar-refractivity contribution in [3.8, 4) is 11.3 Å². The fourth-order valence-corrected chi connectivity index (χ4v) is 3.17. The van der Waals surface area contributed by atoms with Crippen LogP contribution in [0.2, 0.25) is 0 Å². The number of thiazole rings is 1. The molecule has 0 saturated carbocycles. The van der Waals surface area contributed by atoms with Crippen LogP contribution in [0.15, 0.2) is 54.6 Å². The minimum atomic E-state index is -4.46. The van der Waals surface area contributed by atoms with E-state index in [2.05, 4.69) is 10.3 Å². The number of halogens is 3. The van der Waals surface area contributed by atoms with E-state index in [4.69, 9.17) is 0 Å². The lowest BCUT2D eigenvalue weighted by Crippen LogP contribution is -2.13. The largest absolute Gasteiger partial charge is 0.416 e. The van der Waals surface area contributed by atoms with Gasteiger partial charge in [-0.2, -0.15) is 13.2 Å². The van der Waals surface area contributed by atoms with Crippen LogP contribution < -0.4 is 5.32 Å². The van der Waals surface area contributed by atoms with E-state index in [-0.39, 0.29) is 5.69 Å². The van der Waals surface area contributed by atoms with Gasteiger partial charge in [-0.05, 0) is 25.1 Å². The van der Waals surface area contributed by atoms with Gasteiger partial charge in [-0.3, -0.25) is 4.79 Å². The van der Waals surface area contributed by atoms with E-state index in [0.717, 1.165) is 17.7 Å². The van der Waals surface area contributed by atoms with Crippen molar-refractivity contribution >= 4 is 22.9 Å². The highest BCUT2D eigenvalue weighted by Gasteiger charge is 2.30. The molecule has 7 heteroatoms. The van der Waals surface area contributed by atoms with Gasteiger partial charge in [-0.1, -0.05) is 36.4 Å². The molecule has 1 heterocycles. The van der Waals surface area contributed by atoms with Crippen molar-refractivity contribution in [2.45, 2.75) is 13.1 Å². The quantitative estimate of drug-likeness (QED) is 0.679. The van der Waals surface area contributed by atoms with Crippen molar-refractivity contribution in [2.75, 3.05) is 5.32 Å². The number of benzene rings is 2. The number of aryl methyl sites for hydroxylation is 1. The molecule has 0 radical (unpaired) electrons. The number of alkyl halides is 3. The Balaban J connectivity index is 1.90. The molecule has 0 bridgehead atoms. The van der Waals surface area contributed by atoms with Crippen molar-refractivity contribution in [2.24, 2.45) is 0 Å². The average Bonchev–Trinajstić information content (AvgIpc) is 2.97. The molecule has 3 nitrogen and oxygen atoms in total. The van der Waals surface area contributed by atoms with E-state index >= 15 is 0 Å². The van der Waals surface area contributed by atoms with Crippen LogP contribution in [-0.4, -0.2) is 10.9 Å². The molecular weight excluding hydrogens is 349 g/mol. The van der Waals surface area contributed by atoms with Crippen LogP contribution in [0.5, 0.6) is 0 Å². The minimum absolute atomic E-state index is 0.0879. The summed E-state index contributed by atoms with van der Waals surface area (Å²) in [6, 6.07) is 13.7. The second kappa shape index (κ2) is 6.68. The zero-order valence-electron chi connectivity index (χ0n) is 13.1. The Morgan fingerprint density at radius 2 is 1.80 bits per heavy atom. The van der Waals surface area contributed by atoms with Crippen molar-refractivity contribution in [3.05, 3.63) is 70.0 Å². The fourth-order valence-electron chi connectivity index (χ4n) is 2.33. The predicted octanol–water partition coefficient (Wildman–Crippen LogP) is 5.39. The molecule has 0 fully saturated rings. The second-order valence-electron chi connectivity index (χ2n) is 5.31. The normalized spacial score (nSPS) is 11.4. The molecule has 1 N–H and O–H groups in total. The Morgan fingerprint density at radius 1 is 1.08 bits per heavy atom. The van der Waals surface area contributed by atoms with E-state index in [9.17, 15) is 18.0 Å². The van der Waals surface area contributed by atoms with E-state index in [0.29, 0.717) is 15.6 Å². The highest BCUT2D eigenvalue weighted by molar-refractivity contribution is 7.14. The van der Waals surface area contributed by atoms with Crippen LogP contribution >= 0.6 is 11.3 Å². The Labute approximate surface area is 146 Å². The average molecular weight is 362 g/mol. The van der Waals surface area contributed by atoms with Crippen LogP contribution in [0, 0.1) is 6.92 Å². The number of hydrogen-bond acceptors (Lipinski definition) is 3. The van der Waals surface area contributed by atoms with Gasteiger partial charge in [-0.15, -0.1) is 11.3 Å². The van der Waals surface area contributed by atoms with Crippen LogP contribution in [0.4, 0.5) is 18.9 Å².